The number of rotatable bonds is 9. The van der Waals surface area contributed by atoms with Crippen LogP contribution < -0.4 is 0 Å². The first-order valence-electron chi connectivity index (χ1n) is 6.42. The minimum atomic E-state index is 0.888. The van der Waals surface area contributed by atoms with Gasteiger partial charge in [-0.1, -0.05) is 65.0 Å². The van der Waals surface area contributed by atoms with Gasteiger partial charge in [-0.05, 0) is 25.2 Å². The van der Waals surface area contributed by atoms with Crippen LogP contribution >= 0.6 is 0 Å². The van der Waals surface area contributed by atoms with E-state index in [0.29, 0.717) is 0 Å². The van der Waals surface area contributed by atoms with Gasteiger partial charge in [0.15, 0.2) is 0 Å². The average Bonchev–Trinajstić information content (AvgIpc) is 2.15. The highest BCUT2D eigenvalue weighted by molar-refractivity contribution is 4.80. The summed E-state index contributed by atoms with van der Waals surface area (Å²) in [6.45, 7) is 6.86. The second-order valence-electron chi connectivity index (χ2n) is 4.65. The predicted octanol–water partition coefficient (Wildman–Crippen LogP) is 5.34. The summed E-state index contributed by atoms with van der Waals surface area (Å²) in [6, 6.07) is 0. The van der Waals surface area contributed by atoms with E-state index < -0.39 is 0 Å². The molecule has 0 aliphatic carbocycles. The van der Waals surface area contributed by atoms with Gasteiger partial charge >= 0.3 is 0 Å². The third-order valence-electron chi connectivity index (χ3n) is 2.52. The highest BCUT2D eigenvalue weighted by Gasteiger charge is 1.93. The van der Waals surface area contributed by atoms with Gasteiger partial charge in [-0.15, -0.1) is 0 Å². The molecule has 0 aliphatic heterocycles. The maximum absolute atomic E-state index is 2.35. The van der Waals surface area contributed by atoms with Gasteiger partial charge in [-0.25, -0.2) is 0 Å². The molecule has 0 aromatic heterocycles. The molecule has 0 heterocycles. The van der Waals surface area contributed by atoms with Crippen LogP contribution in [-0.4, -0.2) is 0 Å². The molecule has 0 aromatic carbocycles. The smallest absolute Gasteiger partial charge is 0.0351 e. The monoisotopic (exact) mass is 196 g/mol. The first-order valence-corrected chi connectivity index (χ1v) is 6.42. The van der Waals surface area contributed by atoms with Crippen LogP contribution in [0.3, 0.4) is 0 Å². The van der Waals surface area contributed by atoms with Crippen molar-refractivity contribution in [1.29, 1.82) is 0 Å². The normalized spacial score (nSPS) is 11.7. The van der Waals surface area contributed by atoms with Gasteiger partial charge in [-0.3, -0.25) is 0 Å². The van der Waals surface area contributed by atoms with Gasteiger partial charge in [-0.2, -0.15) is 0 Å². The predicted molar refractivity (Wildman–Crippen MR) is 66.6 cm³/mol. The summed E-state index contributed by atoms with van der Waals surface area (Å²) in [5.74, 6) is 0.888. The molecule has 0 aliphatic rings. The Morgan fingerprint density at radius 2 is 1.50 bits per heavy atom. The Morgan fingerprint density at radius 1 is 0.857 bits per heavy atom. The van der Waals surface area contributed by atoms with Crippen molar-refractivity contribution < 1.29 is 0 Å². The fourth-order valence-corrected chi connectivity index (χ4v) is 1.57. The molecule has 0 bridgehead atoms. The van der Waals surface area contributed by atoms with Crippen molar-refractivity contribution in [1.82, 2.24) is 0 Å². The fourth-order valence-electron chi connectivity index (χ4n) is 1.57. The molecule has 0 unspecified atom stereocenters. The molecule has 0 spiro atoms. The van der Waals surface area contributed by atoms with Crippen molar-refractivity contribution in [2.24, 2.45) is 5.92 Å². The Labute approximate surface area is 90.8 Å². The maximum Gasteiger partial charge on any atom is -0.0351 e. The molecule has 84 valence electrons. The van der Waals surface area contributed by atoms with Gasteiger partial charge in [0.2, 0.25) is 0 Å². The number of allylic oxidation sites excluding steroid dienone is 2. The Hall–Kier alpha value is -0.260. The van der Waals surface area contributed by atoms with E-state index in [0.717, 1.165) is 5.92 Å². The zero-order valence-electron chi connectivity index (χ0n) is 10.4. The molecule has 0 saturated carbocycles. The second-order valence-corrected chi connectivity index (χ2v) is 4.65. The van der Waals surface area contributed by atoms with E-state index in [9.17, 15) is 0 Å². The van der Waals surface area contributed by atoms with Gasteiger partial charge in [0.1, 0.15) is 0 Å². The number of hydrogen-bond donors (Lipinski definition) is 0. The summed E-state index contributed by atoms with van der Waals surface area (Å²) in [5, 5.41) is 0. The summed E-state index contributed by atoms with van der Waals surface area (Å²) in [5.41, 5.74) is 0. The van der Waals surface area contributed by atoms with Crippen LogP contribution in [0.15, 0.2) is 12.2 Å². The molecule has 0 nitrogen and oxygen atoms in total. The van der Waals surface area contributed by atoms with Crippen molar-refractivity contribution in [2.45, 2.75) is 72.1 Å². The third-order valence-corrected chi connectivity index (χ3v) is 2.52. The van der Waals surface area contributed by atoms with Gasteiger partial charge < -0.3 is 0 Å². The van der Waals surface area contributed by atoms with Crippen LogP contribution in [0, 0.1) is 5.92 Å². The van der Waals surface area contributed by atoms with Crippen molar-refractivity contribution in [3.8, 4) is 0 Å². The van der Waals surface area contributed by atoms with E-state index in [1.54, 1.807) is 0 Å². The molecular formula is C14H28. The van der Waals surface area contributed by atoms with Crippen LogP contribution in [0.5, 0.6) is 0 Å². The van der Waals surface area contributed by atoms with Gasteiger partial charge in [0.25, 0.3) is 0 Å². The van der Waals surface area contributed by atoms with Gasteiger partial charge in [0.05, 0.1) is 0 Å². The minimum absolute atomic E-state index is 0.888. The largest absolute Gasteiger partial charge is 0.0885 e. The topological polar surface area (TPSA) is 0 Å². The molecule has 14 heavy (non-hydrogen) atoms. The van der Waals surface area contributed by atoms with Crippen molar-refractivity contribution in [2.75, 3.05) is 0 Å². The third kappa shape index (κ3) is 11.7. The average molecular weight is 196 g/mol. The van der Waals surface area contributed by atoms with Crippen LogP contribution in [0.25, 0.3) is 0 Å². The standard InChI is InChI=1S/C14H28/c1-4-5-6-7-8-9-10-11-12-13-14(2)3/h6-7,14H,4-5,8-13H2,1-3H3. The highest BCUT2D eigenvalue weighted by Crippen LogP contribution is 2.10. The first-order chi connectivity index (χ1) is 6.77. The molecule has 0 atom stereocenters. The Morgan fingerprint density at radius 3 is 2.14 bits per heavy atom. The zero-order valence-corrected chi connectivity index (χ0v) is 10.4. The van der Waals surface area contributed by atoms with E-state index in [1.165, 1.54) is 51.4 Å². The van der Waals surface area contributed by atoms with Gasteiger partial charge in [0, 0.05) is 0 Å². The lowest BCUT2D eigenvalue weighted by molar-refractivity contribution is 0.521. The lowest BCUT2D eigenvalue weighted by Crippen LogP contribution is -1.86. The molecule has 0 saturated heterocycles. The van der Waals surface area contributed by atoms with Crippen LogP contribution in [0.2, 0.25) is 0 Å². The molecule has 0 rings (SSSR count). The number of unbranched alkanes of at least 4 members (excludes halogenated alkanes) is 5. The van der Waals surface area contributed by atoms with Crippen LogP contribution in [0.4, 0.5) is 0 Å². The molecule has 0 fully saturated rings. The van der Waals surface area contributed by atoms with Crippen LogP contribution in [-0.2, 0) is 0 Å². The summed E-state index contributed by atoms with van der Waals surface area (Å²) in [6.07, 6.45) is 15.6. The number of hydrogen-bond acceptors (Lipinski definition) is 0. The summed E-state index contributed by atoms with van der Waals surface area (Å²) in [4.78, 5) is 0. The lowest BCUT2D eigenvalue weighted by Gasteiger charge is -2.03. The Bertz CT molecular complexity index is 122. The Balaban J connectivity index is 2.99. The van der Waals surface area contributed by atoms with Crippen molar-refractivity contribution >= 4 is 0 Å². The maximum atomic E-state index is 2.35. The quantitative estimate of drug-likeness (QED) is 0.345. The van der Waals surface area contributed by atoms with Crippen LogP contribution in [0.1, 0.15) is 72.1 Å². The van der Waals surface area contributed by atoms with E-state index in [-0.39, 0.29) is 0 Å². The first kappa shape index (κ1) is 13.7. The molecule has 0 radical (unpaired) electrons. The Kier molecular flexibility index (Phi) is 10.6. The molecular weight excluding hydrogens is 168 g/mol. The molecule has 0 amide bonds. The van der Waals surface area contributed by atoms with E-state index in [4.69, 9.17) is 0 Å². The summed E-state index contributed by atoms with van der Waals surface area (Å²) < 4.78 is 0. The zero-order chi connectivity index (χ0) is 10.6. The lowest BCUT2D eigenvalue weighted by atomic mass is 10.0. The summed E-state index contributed by atoms with van der Waals surface area (Å²) >= 11 is 0. The van der Waals surface area contributed by atoms with E-state index in [2.05, 4.69) is 32.9 Å². The highest BCUT2D eigenvalue weighted by atomic mass is 14.0. The SMILES string of the molecule is CCCC=CCCCCCCC(C)C. The second kappa shape index (κ2) is 10.8. The fraction of sp³-hybridized carbons (Fsp3) is 0.857. The van der Waals surface area contributed by atoms with Crippen molar-refractivity contribution in [3.63, 3.8) is 0 Å². The molecule has 0 heteroatoms. The van der Waals surface area contributed by atoms with Crippen molar-refractivity contribution in [3.05, 3.63) is 12.2 Å². The molecule has 0 aromatic rings. The summed E-state index contributed by atoms with van der Waals surface area (Å²) in [7, 11) is 0. The van der Waals surface area contributed by atoms with E-state index in [1.807, 2.05) is 0 Å². The minimum Gasteiger partial charge on any atom is -0.0885 e. The van der Waals surface area contributed by atoms with E-state index >= 15 is 0 Å². The molecule has 0 N–H and O–H groups in total.